The van der Waals surface area contributed by atoms with Crippen molar-refractivity contribution in [3.63, 3.8) is 0 Å². The van der Waals surface area contributed by atoms with Crippen molar-refractivity contribution in [1.29, 1.82) is 0 Å². The fourth-order valence-corrected chi connectivity index (χ4v) is 3.08. The number of benzene rings is 1. The van der Waals surface area contributed by atoms with Crippen LogP contribution in [-0.4, -0.2) is 51.3 Å². The second-order valence-corrected chi connectivity index (χ2v) is 6.13. The fourth-order valence-electron chi connectivity index (χ4n) is 3.08. The van der Waals surface area contributed by atoms with Crippen LogP contribution in [0.25, 0.3) is 0 Å². The molecule has 1 heterocycles. The largest absolute Gasteiger partial charge is 0.384 e. The van der Waals surface area contributed by atoms with Gasteiger partial charge in [0.1, 0.15) is 0 Å². The molecule has 0 aliphatic carbocycles. The van der Waals surface area contributed by atoms with Gasteiger partial charge in [0, 0.05) is 39.7 Å². The first-order valence-electron chi connectivity index (χ1n) is 8.24. The monoisotopic (exact) mass is 303 g/mol. The first kappa shape index (κ1) is 16.8. The van der Waals surface area contributed by atoms with Gasteiger partial charge in [0.05, 0.1) is 6.61 Å². The van der Waals surface area contributed by atoms with Crippen molar-refractivity contribution in [2.45, 2.75) is 25.7 Å². The molecule has 1 fully saturated rings. The van der Waals surface area contributed by atoms with E-state index in [0.717, 1.165) is 38.6 Å². The lowest BCUT2D eigenvalue weighted by Gasteiger charge is -2.22. The maximum Gasteiger partial charge on any atom is 0.193 e. The second kappa shape index (κ2) is 8.79. The summed E-state index contributed by atoms with van der Waals surface area (Å²) in [6.45, 7) is 6.20. The topological polar surface area (TPSA) is 36.9 Å². The summed E-state index contributed by atoms with van der Waals surface area (Å²) in [5.41, 5.74) is 1.40. The molecule has 1 aliphatic rings. The molecule has 1 aliphatic heterocycles. The molecule has 1 saturated heterocycles. The molecule has 1 aromatic carbocycles. The Balaban J connectivity index is 1.75. The molecular formula is C18H29N3O. The summed E-state index contributed by atoms with van der Waals surface area (Å²) >= 11 is 0. The molecule has 0 saturated carbocycles. The zero-order valence-corrected chi connectivity index (χ0v) is 14.1. The number of rotatable bonds is 6. The standard InChI is InChI=1S/C18H29N3O/c1-15(17-7-5-4-6-8-17)9-11-20-18(19-2)21-12-10-16(13-21)14-22-3/h4-8,15-16H,9-14H2,1-3H3,(H,19,20). The molecule has 0 bridgehead atoms. The summed E-state index contributed by atoms with van der Waals surface area (Å²) in [4.78, 5) is 6.77. The van der Waals surface area contributed by atoms with Gasteiger partial charge >= 0.3 is 0 Å². The van der Waals surface area contributed by atoms with Gasteiger partial charge in [-0.1, -0.05) is 37.3 Å². The first-order chi connectivity index (χ1) is 10.7. The third-order valence-corrected chi connectivity index (χ3v) is 4.43. The number of methoxy groups -OCH3 is 1. The Labute approximate surface area is 134 Å². The number of likely N-dealkylation sites (tertiary alicyclic amines) is 1. The Morgan fingerprint density at radius 1 is 1.41 bits per heavy atom. The van der Waals surface area contributed by atoms with Crippen LogP contribution in [-0.2, 0) is 4.74 Å². The SMILES string of the molecule is CN=C(NCCC(C)c1ccccc1)N1CCC(COC)C1. The summed E-state index contributed by atoms with van der Waals surface area (Å²) < 4.78 is 5.26. The van der Waals surface area contributed by atoms with Crippen molar-refractivity contribution >= 4 is 5.96 Å². The van der Waals surface area contributed by atoms with Crippen molar-refractivity contribution in [2.24, 2.45) is 10.9 Å². The van der Waals surface area contributed by atoms with Crippen LogP contribution in [0.1, 0.15) is 31.2 Å². The minimum Gasteiger partial charge on any atom is -0.384 e. The third kappa shape index (κ3) is 4.73. The van der Waals surface area contributed by atoms with Gasteiger partial charge in [-0.15, -0.1) is 0 Å². The zero-order valence-electron chi connectivity index (χ0n) is 14.1. The van der Waals surface area contributed by atoms with Crippen molar-refractivity contribution in [1.82, 2.24) is 10.2 Å². The average Bonchev–Trinajstić information content (AvgIpc) is 3.01. The normalized spacial score (nSPS) is 20.2. The van der Waals surface area contributed by atoms with E-state index in [-0.39, 0.29) is 0 Å². The average molecular weight is 303 g/mol. The summed E-state index contributed by atoms with van der Waals surface area (Å²) in [6, 6.07) is 10.7. The molecule has 0 spiro atoms. The molecule has 4 nitrogen and oxygen atoms in total. The van der Waals surface area contributed by atoms with Crippen LogP contribution in [0.3, 0.4) is 0 Å². The van der Waals surface area contributed by atoms with Crippen LogP contribution >= 0.6 is 0 Å². The molecule has 1 N–H and O–H groups in total. The maximum atomic E-state index is 5.26. The molecule has 2 rings (SSSR count). The van der Waals surface area contributed by atoms with E-state index < -0.39 is 0 Å². The molecule has 22 heavy (non-hydrogen) atoms. The summed E-state index contributed by atoms with van der Waals surface area (Å²) in [5, 5.41) is 3.51. The van der Waals surface area contributed by atoms with E-state index in [1.165, 1.54) is 12.0 Å². The van der Waals surface area contributed by atoms with Crippen LogP contribution in [0.2, 0.25) is 0 Å². The predicted molar refractivity (Wildman–Crippen MR) is 92.4 cm³/mol. The summed E-state index contributed by atoms with van der Waals surface area (Å²) in [7, 11) is 3.65. The molecular weight excluding hydrogens is 274 g/mol. The van der Waals surface area contributed by atoms with Crippen LogP contribution < -0.4 is 5.32 Å². The number of hydrogen-bond acceptors (Lipinski definition) is 2. The quantitative estimate of drug-likeness (QED) is 0.648. The Bertz CT molecular complexity index is 461. The lowest BCUT2D eigenvalue weighted by atomic mass is 9.98. The summed E-state index contributed by atoms with van der Waals surface area (Å²) in [6.07, 6.45) is 2.30. The highest BCUT2D eigenvalue weighted by atomic mass is 16.5. The first-order valence-corrected chi connectivity index (χ1v) is 8.24. The van der Waals surface area contributed by atoms with Gasteiger partial charge in [-0.2, -0.15) is 0 Å². The molecule has 1 aromatic rings. The van der Waals surface area contributed by atoms with E-state index in [4.69, 9.17) is 4.74 Å². The Morgan fingerprint density at radius 2 is 2.18 bits per heavy atom. The molecule has 0 aromatic heterocycles. The lowest BCUT2D eigenvalue weighted by Crippen LogP contribution is -2.40. The van der Waals surface area contributed by atoms with E-state index in [1.54, 1.807) is 7.11 Å². The van der Waals surface area contributed by atoms with Gasteiger partial charge < -0.3 is 15.0 Å². The van der Waals surface area contributed by atoms with Gasteiger partial charge in [0.15, 0.2) is 5.96 Å². The summed E-state index contributed by atoms with van der Waals surface area (Å²) in [5.74, 6) is 2.22. The Morgan fingerprint density at radius 3 is 2.86 bits per heavy atom. The Hall–Kier alpha value is -1.55. The number of aliphatic imine (C=N–C) groups is 1. The zero-order chi connectivity index (χ0) is 15.8. The maximum absolute atomic E-state index is 5.26. The molecule has 122 valence electrons. The molecule has 2 atom stereocenters. The number of hydrogen-bond donors (Lipinski definition) is 1. The van der Waals surface area contributed by atoms with Gasteiger partial charge in [0.2, 0.25) is 0 Å². The Kier molecular flexibility index (Phi) is 6.72. The minimum absolute atomic E-state index is 0.562. The van der Waals surface area contributed by atoms with Crippen molar-refractivity contribution in [3.8, 4) is 0 Å². The lowest BCUT2D eigenvalue weighted by molar-refractivity contribution is 0.157. The van der Waals surface area contributed by atoms with Crippen LogP contribution in [0.4, 0.5) is 0 Å². The molecule has 2 unspecified atom stereocenters. The van der Waals surface area contributed by atoms with E-state index >= 15 is 0 Å². The van der Waals surface area contributed by atoms with E-state index in [2.05, 4.69) is 52.5 Å². The second-order valence-electron chi connectivity index (χ2n) is 6.13. The van der Waals surface area contributed by atoms with Gasteiger partial charge in [-0.3, -0.25) is 4.99 Å². The third-order valence-electron chi connectivity index (χ3n) is 4.43. The fraction of sp³-hybridized carbons (Fsp3) is 0.611. The van der Waals surface area contributed by atoms with Gasteiger partial charge in [0.25, 0.3) is 0 Å². The van der Waals surface area contributed by atoms with E-state index in [1.807, 2.05) is 7.05 Å². The predicted octanol–water partition coefficient (Wildman–Crippen LogP) is 2.72. The van der Waals surface area contributed by atoms with Crippen molar-refractivity contribution in [2.75, 3.05) is 40.4 Å². The number of guanidine groups is 1. The van der Waals surface area contributed by atoms with Crippen molar-refractivity contribution in [3.05, 3.63) is 35.9 Å². The number of nitrogens with zero attached hydrogens (tertiary/aromatic N) is 2. The highest BCUT2D eigenvalue weighted by molar-refractivity contribution is 5.80. The van der Waals surface area contributed by atoms with E-state index in [9.17, 15) is 0 Å². The number of ether oxygens (including phenoxy) is 1. The van der Waals surface area contributed by atoms with Gasteiger partial charge in [-0.05, 0) is 24.3 Å². The molecule has 4 heteroatoms. The molecule has 0 radical (unpaired) electrons. The van der Waals surface area contributed by atoms with Crippen LogP contribution in [0.15, 0.2) is 35.3 Å². The minimum atomic E-state index is 0.562. The highest BCUT2D eigenvalue weighted by Crippen LogP contribution is 2.18. The van der Waals surface area contributed by atoms with Crippen LogP contribution in [0, 0.1) is 5.92 Å². The van der Waals surface area contributed by atoms with Crippen LogP contribution in [0.5, 0.6) is 0 Å². The van der Waals surface area contributed by atoms with E-state index in [0.29, 0.717) is 11.8 Å². The smallest absolute Gasteiger partial charge is 0.193 e. The molecule has 0 amide bonds. The number of nitrogens with one attached hydrogen (secondary N) is 1. The van der Waals surface area contributed by atoms with Crippen molar-refractivity contribution < 1.29 is 4.74 Å². The van der Waals surface area contributed by atoms with Gasteiger partial charge in [-0.25, -0.2) is 0 Å². The highest BCUT2D eigenvalue weighted by Gasteiger charge is 2.24.